The monoisotopic (exact) mass is 298 g/mol. The second-order valence-corrected chi connectivity index (χ2v) is 5.79. The summed E-state index contributed by atoms with van der Waals surface area (Å²) in [6, 6.07) is 7.48. The van der Waals surface area contributed by atoms with Gasteiger partial charge in [0.1, 0.15) is 0 Å². The standard InChI is InChI=1S/C14H23BrN2/c1-10(2)16-8-12(4)17-9-13-7-11(3)5-6-14(13)15/h5-7,10,12,16-17H,8-9H2,1-4H3. The highest BCUT2D eigenvalue weighted by molar-refractivity contribution is 9.10. The third-order valence-electron chi connectivity index (χ3n) is 2.67. The molecule has 3 heteroatoms. The molecule has 0 amide bonds. The Bertz CT molecular complexity index is 350. The minimum absolute atomic E-state index is 0.477. The van der Waals surface area contributed by atoms with E-state index >= 15 is 0 Å². The zero-order chi connectivity index (χ0) is 12.8. The lowest BCUT2D eigenvalue weighted by Gasteiger charge is -2.17. The number of rotatable bonds is 6. The van der Waals surface area contributed by atoms with E-state index in [0.29, 0.717) is 12.1 Å². The average molecular weight is 299 g/mol. The van der Waals surface area contributed by atoms with E-state index in [1.165, 1.54) is 15.6 Å². The summed E-state index contributed by atoms with van der Waals surface area (Å²) in [7, 11) is 0. The van der Waals surface area contributed by atoms with Gasteiger partial charge in [0, 0.05) is 29.6 Å². The third kappa shape index (κ3) is 5.66. The van der Waals surface area contributed by atoms with Gasteiger partial charge >= 0.3 is 0 Å². The largest absolute Gasteiger partial charge is 0.313 e. The summed E-state index contributed by atoms with van der Waals surface area (Å²) < 4.78 is 1.18. The van der Waals surface area contributed by atoms with Crippen molar-refractivity contribution in [1.29, 1.82) is 0 Å². The second kappa shape index (κ2) is 7.14. The lowest BCUT2D eigenvalue weighted by Crippen LogP contribution is -2.38. The van der Waals surface area contributed by atoms with E-state index in [1.807, 2.05) is 0 Å². The lowest BCUT2D eigenvalue weighted by molar-refractivity contribution is 0.473. The Morgan fingerprint density at radius 3 is 2.53 bits per heavy atom. The summed E-state index contributed by atoms with van der Waals surface area (Å²) in [6.45, 7) is 10.6. The average Bonchev–Trinajstić information content (AvgIpc) is 2.27. The van der Waals surface area contributed by atoms with Crippen molar-refractivity contribution in [2.75, 3.05) is 6.54 Å². The number of hydrogen-bond donors (Lipinski definition) is 2. The van der Waals surface area contributed by atoms with Gasteiger partial charge in [-0.1, -0.05) is 47.5 Å². The van der Waals surface area contributed by atoms with Crippen molar-refractivity contribution < 1.29 is 0 Å². The Morgan fingerprint density at radius 1 is 1.18 bits per heavy atom. The van der Waals surface area contributed by atoms with Crippen LogP contribution in [-0.2, 0) is 6.54 Å². The fourth-order valence-electron chi connectivity index (χ4n) is 1.61. The molecule has 0 aromatic heterocycles. The molecule has 0 spiro atoms. The van der Waals surface area contributed by atoms with E-state index < -0.39 is 0 Å². The summed E-state index contributed by atoms with van der Waals surface area (Å²) in [4.78, 5) is 0. The highest BCUT2D eigenvalue weighted by Crippen LogP contribution is 2.17. The minimum atomic E-state index is 0.477. The van der Waals surface area contributed by atoms with E-state index in [2.05, 4.69) is 72.5 Å². The molecule has 0 aliphatic rings. The molecule has 0 bridgehead atoms. The van der Waals surface area contributed by atoms with Crippen molar-refractivity contribution >= 4 is 15.9 Å². The van der Waals surface area contributed by atoms with E-state index in [9.17, 15) is 0 Å². The summed E-state index contributed by atoms with van der Waals surface area (Å²) in [5.74, 6) is 0. The predicted molar refractivity (Wildman–Crippen MR) is 78.3 cm³/mol. The Balaban J connectivity index is 2.41. The van der Waals surface area contributed by atoms with E-state index in [4.69, 9.17) is 0 Å². The maximum absolute atomic E-state index is 3.59. The first-order chi connectivity index (χ1) is 7.99. The SMILES string of the molecule is Cc1ccc(Br)c(CNC(C)CNC(C)C)c1. The van der Waals surface area contributed by atoms with Crippen molar-refractivity contribution in [1.82, 2.24) is 10.6 Å². The molecular formula is C14H23BrN2. The van der Waals surface area contributed by atoms with Crippen LogP contribution in [0.2, 0.25) is 0 Å². The molecule has 2 nitrogen and oxygen atoms in total. The van der Waals surface area contributed by atoms with Gasteiger partial charge in [0.2, 0.25) is 0 Å². The molecule has 17 heavy (non-hydrogen) atoms. The fraction of sp³-hybridized carbons (Fsp3) is 0.571. The van der Waals surface area contributed by atoms with Gasteiger partial charge in [0.15, 0.2) is 0 Å². The molecule has 0 saturated heterocycles. The molecule has 1 rings (SSSR count). The van der Waals surface area contributed by atoms with Crippen LogP contribution < -0.4 is 10.6 Å². The van der Waals surface area contributed by atoms with Crippen LogP contribution in [-0.4, -0.2) is 18.6 Å². The number of aryl methyl sites for hydroxylation is 1. The van der Waals surface area contributed by atoms with E-state index in [1.54, 1.807) is 0 Å². The summed E-state index contributed by atoms with van der Waals surface area (Å²) in [5, 5.41) is 6.96. The summed E-state index contributed by atoms with van der Waals surface area (Å²) in [5.41, 5.74) is 2.62. The summed E-state index contributed by atoms with van der Waals surface area (Å²) >= 11 is 3.59. The molecule has 0 heterocycles. The Hall–Kier alpha value is -0.380. The van der Waals surface area contributed by atoms with Gasteiger partial charge in [0.05, 0.1) is 0 Å². The first kappa shape index (κ1) is 14.7. The topological polar surface area (TPSA) is 24.1 Å². The van der Waals surface area contributed by atoms with Gasteiger partial charge in [-0.2, -0.15) is 0 Å². The molecule has 1 unspecified atom stereocenters. The van der Waals surface area contributed by atoms with Crippen LogP contribution in [0.25, 0.3) is 0 Å². The lowest BCUT2D eigenvalue weighted by atomic mass is 10.1. The second-order valence-electron chi connectivity index (χ2n) is 4.94. The van der Waals surface area contributed by atoms with Gasteiger partial charge in [-0.3, -0.25) is 0 Å². The van der Waals surface area contributed by atoms with E-state index in [0.717, 1.165) is 13.1 Å². The van der Waals surface area contributed by atoms with Crippen molar-refractivity contribution in [3.05, 3.63) is 33.8 Å². The predicted octanol–water partition coefficient (Wildman–Crippen LogP) is 3.23. The van der Waals surface area contributed by atoms with Crippen molar-refractivity contribution in [3.8, 4) is 0 Å². The van der Waals surface area contributed by atoms with E-state index in [-0.39, 0.29) is 0 Å². The van der Waals surface area contributed by atoms with Gasteiger partial charge in [-0.15, -0.1) is 0 Å². The highest BCUT2D eigenvalue weighted by atomic mass is 79.9. The maximum atomic E-state index is 3.59. The molecule has 0 aliphatic heterocycles. The maximum Gasteiger partial charge on any atom is 0.0220 e. The zero-order valence-electron chi connectivity index (χ0n) is 11.2. The summed E-state index contributed by atoms with van der Waals surface area (Å²) in [6.07, 6.45) is 0. The van der Waals surface area contributed by atoms with Crippen molar-refractivity contribution in [3.63, 3.8) is 0 Å². The van der Waals surface area contributed by atoms with Crippen LogP contribution in [0.4, 0.5) is 0 Å². The van der Waals surface area contributed by atoms with Crippen LogP contribution in [0, 0.1) is 6.92 Å². The van der Waals surface area contributed by atoms with Gasteiger partial charge < -0.3 is 10.6 Å². The molecule has 96 valence electrons. The Labute approximate surface area is 113 Å². The molecule has 0 saturated carbocycles. The normalized spacial score (nSPS) is 13.1. The molecule has 0 fully saturated rings. The van der Waals surface area contributed by atoms with Crippen molar-refractivity contribution in [2.24, 2.45) is 0 Å². The fourth-order valence-corrected chi connectivity index (χ4v) is 1.99. The van der Waals surface area contributed by atoms with Crippen LogP contribution >= 0.6 is 15.9 Å². The van der Waals surface area contributed by atoms with Gasteiger partial charge in [-0.05, 0) is 25.5 Å². The van der Waals surface area contributed by atoms with Gasteiger partial charge in [-0.25, -0.2) is 0 Å². The number of benzene rings is 1. The minimum Gasteiger partial charge on any atom is -0.313 e. The molecule has 0 aliphatic carbocycles. The molecule has 2 N–H and O–H groups in total. The highest BCUT2D eigenvalue weighted by Gasteiger charge is 2.04. The molecule has 0 radical (unpaired) electrons. The smallest absolute Gasteiger partial charge is 0.0220 e. The Kier molecular flexibility index (Phi) is 6.17. The van der Waals surface area contributed by atoms with Crippen LogP contribution in [0.1, 0.15) is 31.9 Å². The molecule has 1 atom stereocenters. The quantitative estimate of drug-likeness (QED) is 0.842. The third-order valence-corrected chi connectivity index (χ3v) is 3.45. The first-order valence-corrected chi connectivity index (χ1v) is 7.00. The number of halogens is 1. The molecule has 1 aromatic carbocycles. The zero-order valence-corrected chi connectivity index (χ0v) is 12.8. The van der Waals surface area contributed by atoms with Crippen LogP contribution in [0.3, 0.4) is 0 Å². The van der Waals surface area contributed by atoms with Crippen molar-refractivity contribution in [2.45, 2.75) is 46.3 Å². The molecule has 1 aromatic rings. The number of hydrogen-bond acceptors (Lipinski definition) is 2. The van der Waals surface area contributed by atoms with Gasteiger partial charge in [0.25, 0.3) is 0 Å². The molecular weight excluding hydrogens is 276 g/mol. The first-order valence-electron chi connectivity index (χ1n) is 6.21. The van der Waals surface area contributed by atoms with Crippen LogP contribution in [0.5, 0.6) is 0 Å². The Morgan fingerprint density at radius 2 is 1.88 bits per heavy atom. The number of nitrogens with one attached hydrogen (secondary N) is 2. The van der Waals surface area contributed by atoms with Crippen LogP contribution in [0.15, 0.2) is 22.7 Å².